The summed E-state index contributed by atoms with van der Waals surface area (Å²) in [7, 11) is 1.54. The van der Waals surface area contributed by atoms with Gasteiger partial charge in [-0.2, -0.15) is 0 Å². The van der Waals surface area contributed by atoms with Gasteiger partial charge in [0.2, 0.25) is 6.10 Å². The van der Waals surface area contributed by atoms with Crippen LogP contribution in [0.25, 0.3) is 0 Å². The first kappa shape index (κ1) is 22.2. The second-order valence-corrected chi connectivity index (χ2v) is 7.42. The first-order valence-corrected chi connectivity index (χ1v) is 10.2. The summed E-state index contributed by atoms with van der Waals surface area (Å²) in [6, 6.07) is 16.3. The topological polar surface area (TPSA) is 69.6 Å². The van der Waals surface area contributed by atoms with Crippen LogP contribution in [-0.2, 0) is 16.1 Å². The van der Waals surface area contributed by atoms with Gasteiger partial charge in [0, 0.05) is 23.5 Å². The number of ether oxygens (including phenoxy) is 2. The lowest BCUT2D eigenvalue weighted by molar-refractivity contribution is -0.125. The summed E-state index contributed by atoms with van der Waals surface area (Å²) >= 11 is 0. The molecule has 0 aliphatic carbocycles. The average Bonchev–Trinajstić information content (AvgIpc) is 3.05. The number of nitrogens with zero attached hydrogens (tertiary/aromatic N) is 1. The third kappa shape index (κ3) is 4.79. The summed E-state index contributed by atoms with van der Waals surface area (Å²) < 4.78 is 13.1. The molecule has 0 unspecified atom stereocenters. The molecule has 0 saturated heterocycles. The standard InChI is InChI=1S/C25H28N2O4/c1-6-27-17(3)15-20(18(27)4)25(29)31-23(19-10-8-7-9-11-19)24(28)26-21-14-16(2)12-13-22(21)30-5/h7-15,23H,6H2,1-5H3,(H,26,28)/t23-/m0/s1. The van der Waals surface area contributed by atoms with Gasteiger partial charge in [0.25, 0.3) is 5.91 Å². The Morgan fingerprint density at radius 1 is 1.03 bits per heavy atom. The minimum absolute atomic E-state index is 0.451. The van der Waals surface area contributed by atoms with Gasteiger partial charge in [0.05, 0.1) is 18.4 Å². The van der Waals surface area contributed by atoms with Gasteiger partial charge in [-0.3, -0.25) is 4.79 Å². The molecule has 31 heavy (non-hydrogen) atoms. The molecule has 6 nitrogen and oxygen atoms in total. The van der Waals surface area contributed by atoms with E-state index in [4.69, 9.17) is 9.47 Å². The van der Waals surface area contributed by atoms with Gasteiger partial charge in [-0.25, -0.2) is 4.79 Å². The van der Waals surface area contributed by atoms with Gasteiger partial charge in [0.1, 0.15) is 5.75 Å². The number of aromatic nitrogens is 1. The number of rotatable bonds is 7. The number of benzene rings is 2. The molecule has 0 fully saturated rings. The molecule has 1 amide bonds. The smallest absolute Gasteiger partial charge is 0.341 e. The zero-order valence-corrected chi connectivity index (χ0v) is 18.6. The second-order valence-electron chi connectivity index (χ2n) is 7.42. The van der Waals surface area contributed by atoms with E-state index in [9.17, 15) is 9.59 Å². The van der Waals surface area contributed by atoms with Gasteiger partial charge in [0.15, 0.2) is 0 Å². The summed E-state index contributed by atoms with van der Waals surface area (Å²) in [4.78, 5) is 26.2. The number of hydrogen-bond donors (Lipinski definition) is 1. The van der Waals surface area contributed by atoms with Crippen molar-refractivity contribution in [2.75, 3.05) is 12.4 Å². The van der Waals surface area contributed by atoms with E-state index in [0.29, 0.717) is 22.6 Å². The number of aryl methyl sites for hydroxylation is 2. The van der Waals surface area contributed by atoms with Gasteiger partial charge < -0.3 is 19.4 Å². The molecule has 0 aliphatic heterocycles. The van der Waals surface area contributed by atoms with Gasteiger partial charge >= 0.3 is 5.97 Å². The predicted octanol–water partition coefficient (Wildman–Crippen LogP) is 4.98. The SMILES string of the molecule is CCn1c(C)cc(C(=O)O[C@H](C(=O)Nc2cc(C)ccc2OC)c2ccccc2)c1C. The normalized spacial score (nSPS) is 11.6. The van der Waals surface area contributed by atoms with Crippen molar-refractivity contribution >= 4 is 17.6 Å². The maximum atomic E-state index is 13.2. The zero-order valence-electron chi connectivity index (χ0n) is 18.6. The molecule has 2 aromatic carbocycles. The van der Waals surface area contributed by atoms with E-state index < -0.39 is 18.0 Å². The van der Waals surface area contributed by atoms with Crippen molar-refractivity contribution in [3.8, 4) is 5.75 Å². The molecule has 6 heteroatoms. The van der Waals surface area contributed by atoms with Crippen molar-refractivity contribution < 1.29 is 19.1 Å². The van der Waals surface area contributed by atoms with E-state index in [0.717, 1.165) is 23.5 Å². The lowest BCUT2D eigenvalue weighted by Crippen LogP contribution is -2.26. The molecule has 1 aromatic heterocycles. The Kier molecular flexibility index (Phi) is 6.80. The molecule has 1 atom stereocenters. The predicted molar refractivity (Wildman–Crippen MR) is 121 cm³/mol. The van der Waals surface area contributed by atoms with Crippen molar-refractivity contribution in [2.24, 2.45) is 0 Å². The van der Waals surface area contributed by atoms with E-state index in [1.54, 1.807) is 43.5 Å². The minimum atomic E-state index is -1.11. The van der Waals surface area contributed by atoms with E-state index >= 15 is 0 Å². The highest BCUT2D eigenvalue weighted by atomic mass is 16.5. The molecule has 3 rings (SSSR count). The molecule has 3 aromatic rings. The molecule has 0 spiro atoms. The first-order valence-electron chi connectivity index (χ1n) is 10.2. The van der Waals surface area contributed by atoms with E-state index in [1.165, 1.54) is 0 Å². The van der Waals surface area contributed by atoms with Crippen molar-refractivity contribution in [2.45, 2.75) is 40.3 Å². The average molecular weight is 421 g/mol. The van der Waals surface area contributed by atoms with Crippen LogP contribution in [0.5, 0.6) is 5.75 Å². The number of anilines is 1. The Balaban J connectivity index is 1.92. The van der Waals surface area contributed by atoms with Crippen molar-refractivity contribution in [3.05, 3.63) is 82.7 Å². The van der Waals surface area contributed by atoms with Crippen LogP contribution in [0.15, 0.2) is 54.6 Å². The molecule has 1 heterocycles. The molecule has 0 aliphatic rings. The van der Waals surface area contributed by atoms with Crippen LogP contribution in [0, 0.1) is 20.8 Å². The molecular formula is C25H28N2O4. The summed E-state index contributed by atoms with van der Waals surface area (Å²) in [5.41, 5.74) is 4.32. The Morgan fingerprint density at radius 2 is 1.74 bits per heavy atom. The summed E-state index contributed by atoms with van der Waals surface area (Å²) in [6.07, 6.45) is -1.11. The summed E-state index contributed by atoms with van der Waals surface area (Å²) in [5, 5.41) is 2.85. The molecule has 162 valence electrons. The van der Waals surface area contributed by atoms with Crippen molar-refractivity contribution in [1.82, 2.24) is 4.57 Å². The molecule has 1 N–H and O–H groups in total. The number of carbonyl (C=O) groups is 2. The maximum Gasteiger partial charge on any atom is 0.341 e. The monoisotopic (exact) mass is 420 g/mol. The third-order valence-electron chi connectivity index (χ3n) is 5.29. The summed E-state index contributed by atoms with van der Waals surface area (Å²) in [6.45, 7) is 8.51. The van der Waals surface area contributed by atoms with E-state index in [1.807, 2.05) is 50.5 Å². The number of amides is 1. The third-order valence-corrected chi connectivity index (χ3v) is 5.29. The van der Waals surface area contributed by atoms with Crippen LogP contribution in [0.1, 0.15) is 45.9 Å². The van der Waals surface area contributed by atoms with Gasteiger partial charge in [-0.15, -0.1) is 0 Å². The fourth-order valence-electron chi connectivity index (χ4n) is 3.68. The van der Waals surface area contributed by atoms with Crippen LogP contribution >= 0.6 is 0 Å². The largest absolute Gasteiger partial charge is 0.495 e. The fraction of sp³-hybridized carbons (Fsp3) is 0.280. The zero-order chi connectivity index (χ0) is 22.5. The number of carbonyl (C=O) groups excluding carboxylic acids is 2. The highest BCUT2D eigenvalue weighted by molar-refractivity contribution is 5.99. The maximum absolute atomic E-state index is 13.2. The Bertz CT molecular complexity index is 1090. The van der Waals surface area contributed by atoms with Crippen molar-refractivity contribution in [3.63, 3.8) is 0 Å². The van der Waals surface area contributed by atoms with Crippen LogP contribution < -0.4 is 10.1 Å². The number of methoxy groups -OCH3 is 1. The molecule has 0 bridgehead atoms. The van der Waals surface area contributed by atoms with E-state index in [-0.39, 0.29) is 0 Å². The quantitative estimate of drug-likeness (QED) is 0.548. The highest BCUT2D eigenvalue weighted by Gasteiger charge is 2.28. The fourth-order valence-corrected chi connectivity index (χ4v) is 3.68. The number of nitrogens with one attached hydrogen (secondary N) is 1. The Labute approximate surface area is 182 Å². The Hall–Kier alpha value is -3.54. The number of hydrogen-bond acceptors (Lipinski definition) is 4. The minimum Gasteiger partial charge on any atom is -0.495 e. The first-order chi connectivity index (χ1) is 14.8. The van der Waals surface area contributed by atoms with Gasteiger partial charge in [-0.05, 0) is 51.5 Å². The molecule has 0 saturated carbocycles. The van der Waals surface area contributed by atoms with Crippen molar-refractivity contribution in [1.29, 1.82) is 0 Å². The summed E-state index contributed by atoms with van der Waals surface area (Å²) in [5.74, 6) is -0.454. The lowest BCUT2D eigenvalue weighted by atomic mass is 10.1. The molecular weight excluding hydrogens is 392 g/mol. The lowest BCUT2D eigenvalue weighted by Gasteiger charge is -2.19. The van der Waals surface area contributed by atoms with E-state index in [2.05, 4.69) is 5.32 Å². The van der Waals surface area contributed by atoms with Gasteiger partial charge in [-0.1, -0.05) is 36.4 Å². The van der Waals surface area contributed by atoms with Crippen LogP contribution in [0.4, 0.5) is 5.69 Å². The van der Waals surface area contributed by atoms with Crippen LogP contribution in [0.3, 0.4) is 0 Å². The van der Waals surface area contributed by atoms with Crippen LogP contribution in [0.2, 0.25) is 0 Å². The second kappa shape index (κ2) is 9.51. The number of esters is 1. The molecule has 0 radical (unpaired) electrons. The highest BCUT2D eigenvalue weighted by Crippen LogP contribution is 2.28. The van der Waals surface area contributed by atoms with Crippen LogP contribution in [-0.4, -0.2) is 23.6 Å². The Morgan fingerprint density at radius 3 is 2.35 bits per heavy atom.